The lowest BCUT2D eigenvalue weighted by atomic mass is 9.99. The van der Waals surface area contributed by atoms with Gasteiger partial charge in [0.15, 0.2) is 5.69 Å². The molecule has 4 aromatic heterocycles. The average Bonchev–Trinajstić information content (AvgIpc) is 3.49. The SMILES string of the molecule is Cc1cccn2nc([C@@H]3c4nc[nH]c4CCN3C(=O)c3oc(C(C)O)nc3C(F)F)cc12. The summed E-state index contributed by atoms with van der Waals surface area (Å²) in [5.41, 5.74) is 3.07. The van der Waals surface area contributed by atoms with Gasteiger partial charge in [0.1, 0.15) is 12.1 Å². The summed E-state index contributed by atoms with van der Waals surface area (Å²) in [6.45, 7) is 3.51. The van der Waals surface area contributed by atoms with E-state index in [4.69, 9.17) is 4.42 Å². The topological polar surface area (TPSA) is 113 Å². The maximum Gasteiger partial charge on any atom is 0.292 e. The van der Waals surface area contributed by atoms with E-state index in [1.165, 1.54) is 18.2 Å². The van der Waals surface area contributed by atoms with Crippen LogP contribution in [0.1, 0.15) is 70.3 Å². The summed E-state index contributed by atoms with van der Waals surface area (Å²) in [6, 6.07) is 4.97. The molecule has 2 atom stereocenters. The van der Waals surface area contributed by atoms with Crippen LogP contribution in [-0.4, -0.2) is 47.0 Å². The highest BCUT2D eigenvalue weighted by Gasteiger charge is 2.40. The van der Waals surface area contributed by atoms with E-state index < -0.39 is 35.9 Å². The molecule has 0 radical (unpaired) electrons. The predicted molar refractivity (Wildman–Crippen MR) is 107 cm³/mol. The fourth-order valence-electron chi connectivity index (χ4n) is 4.06. The van der Waals surface area contributed by atoms with Gasteiger partial charge in [0.05, 0.1) is 23.2 Å². The second-order valence-electron chi connectivity index (χ2n) is 7.75. The number of carbonyl (C=O) groups excluding carboxylic acids is 1. The number of carbonyl (C=O) groups is 1. The van der Waals surface area contributed by atoms with Crippen molar-refractivity contribution in [2.75, 3.05) is 6.54 Å². The van der Waals surface area contributed by atoms with Crippen molar-refractivity contribution in [1.82, 2.24) is 29.5 Å². The third-order valence-corrected chi connectivity index (χ3v) is 5.63. The number of nitrogens with zero attached hydrogens (tertiary/aromatic N) is 5. The monoisotopic (exact) mass is 442 g/mol. The normalized spacial score (nSPS) is 17.2. The van der Waals surface area contributed by atoms with E-state index >= 15 is 0 Å². The molecule has 4 aromatic rings. The maximum absolute atomic E-state index is 13.6. The summed E-state index contributed by atoms with van der Waals surface area (Å²) in [7, 11) is 0. The third kappa shape index (κ3) is 3.16. The first kappa shape index (κ1) is 20.3. The van der Waals surface area contributed by atoms with Crippen LogP contribution in [0.3, 0.4) is 0 Å². The Kier molecular flexibility index (Phi) is 4.77. The number of nitrogens with one attached hydrogen (secondary N) is 1. The van der Waals surface area contributed by atoms with E-state index in [9.17, 15) is 18.7 Å². The number of aliphatic hydroxyl groups excluding tert-OH is 1. The molecule has 9 nitrogen and oxygen atoms in total. The molecule has 0 saturated carbocycles. The van der Waals surface area contributed by atoms with Crippen LogP contribution in [-0.2, 0) is 6.42 Å². The zero-order valence-corrected chi connectivity index (χ0v) is 17.3. The number of imidazole rings is 1. The van der Waals surface area contributed by atoms with E-state index in [0.29, 0.717) is 17.8 Å². The number of aromatic nitrogens is 5. The number of aryl methyl sites for hydroxylation is 1. The Hall–Kier alpha value is -3.60. The average molecular weight is 442 g/mol. The fourth-order valence-corrected chi connectivity index (χ4v) is 4.06. The number of aliphatic hydroxyl groups is 1. The van der Waals surface area contributed by atoms with Gasteiger partial charge in [0.2, 0.25) is 11.7 Å². The van der Waals surface area contributed by atoms with E-state index in [2.05, 4.69) is 20.1 Å². The van der Waals surface area contributed by atoms with Gasteiger partial charge in [-0.25, -0.2) is 23.3 Å². The second-order valence-corrected chi connectivity index (χ2v) is 7.75. The lowest BCUT2D eigenvalue weighted by molar-refractivity contribution is 0.0631. The number of rotatable bonds is 4. The smallest absolute Gasteiger partial charge is 0.292 e. The first-order valence-electron chi connectivity index (χ1n) is 10.1. The van der Waals surface area contributed by atoms with Crippen LogP contribution < -0.4 is 0 Å². The molecule has 0 spiro atoms. The fraction of sp³-hybridized carbons (Fsp3) is 0.333. The van der Waals surface area contributed by atoms with E-state index in [1.807, 2.05) is 25.1 Å². The van der Waals surface area contributed by atoms with E-state index in [0.717, 1.165) is 16.8 Å². The van der Waals surface area contributed by atoms with Gasteiger partial charge >= 0.3 is 0 Å². The van der Waals surface area contributed by atoms with Crippen molar-refractivity contribution >= 4 is 11.4 Å². The minimum absolute atomic E-state index is 0.235. The highest BCUT2D eigenvalue weighted by Crippen LogP contribution is 2.36. The number of hydrogen-bond donors (Lipinski definition) is 2. The molecule has 1 aliphatic rings. The van der Waals surface area contributed by atoms with Crippen LogP contribution in [0.5, 0.6) is 0 Å². The van der Waals surface area contributed by atoms with Crippen molar-refractivity contribution in [3.05, 3.63) is 70.7 Å². The zero-order valence-electron chi connectivity index (χ0n) is 17.3. The highest BCUT2D eigenvalue weighted by molar-refractivity contribution is 5.93. The molecule has 0 aromatic carbocycles. The summed E-state index contributed by atoms with van der Waals surface area (Å²) < 4.78 is 34.2. The molecular weight excluding hydrogens is 422 g/mol. The van der Waals surface area contributed by atoms with Gasteiger partial charge < -0.3 is 19.4 Å². The molecule has 0 saturated heterocycles. The first-order chi connectivity index (χ1) is 15.3. The first-order valence-corrected chi connectivity index (χ1v) is 10.1. The van der Waals surface area contributed by atoms with Crippen molar-refractivity contribution in [1.29, 1.82) is 0 Å². The van der Waals surface area contributed by atoms with Crippen LogP contribution in [0, 0.1) is 6.92 Å². The highest BCUT2D eigenvalue weighted by atomic mass is 19.3. The number of amides is 1. The summed E-state index contributed by atoms with van der Waals surface area (Å²) in [6.07, 6.45) is -0.465. The molecule has 11 heteroatoms. The van der Waals surface area contributed by atoms with Crippen LogP contribution in [0.4, 0.5) is 8.78 Å². The van der Waals surface area contributed by atoms with Gasteiger partial charge in [0, 0.05) is 24.9 Å². The standard InChI is InChI=1S/C21H20F2N6O3/c1-10-4-3-6-29-14(10)8-13(27-29)17-15-12(24-9-25-15)5-7-28(17)21(31)18-16(19(22)23)26-20(32-18)11(2)30/h3-4,6,8-9,11,17,19,30H,5,7H2,1-2H3,(H,24,25)/t11?,17-/m1/s1. The number of fused-ring (bicyclic) bond motifs is 2. The maximum atomic E-state index is 13.6. The number of aromatic amines is 1. The van der Waals surface area contributed by atoms with Crippen molar-refractivity contribution in [3.8, 4) is 0 Å². The van der Waals surface area contributed by atoms with E-state index in [1.54, 1.807) is 10.7 Å². The molecule has 1 aliphatic heterocycles. The Labute approximate surface area is 180 Å². The zero-order chi connectivity index (χ0) is 22.6. The minimum Gasteiger partial charge on any atom is -0.432 e. The Morgan fingerprint density at radius 1 is 1.41 bits per heavy atom. The number of pyridine rings is 1. The quantitative estimate of drug-likeness (QED) is 0.502. The molecular formula is C21H20F2N6O3. The molecule has 2 N–H and O–H groups in total. The molecule has 32 heavy (non-hydrogen) atoms. The summed E-state index contributed by atoms with van der Waals surface area (Å²) >= 11 is 0. The molecule has 5 rings (SSSR count). The Morgan fingerprint density at radius 3 is 2.94 bits per heavy atom. The number of hydrogen-bond acceptors (Lipinski definition) is 6. The minimum atomic E-state index is -3.03. The van der Waals surface area contributed by atoms with Crippen LogP contribution in [0.2, 0.25) is 0 Å². The molecule has 5 heterocycles. The lowest BCUT2D eigenvalue weighted by Gasteiger charge is -2.33. The van der Waals surface area contributed by atoms with Crippen molar-refractivity contribution in [2.24, 2.45) is 0 Å². The Morgan fingerprint density at radius 2 is 2.22 bits per heavy atom. The summed E-state index contributed by atoms with van der Waals surface area (Å²) in [5.74, 6) is -1.67. The Balaban J connectivity index is 1.63. The van der Waals surface area contributed by atoms with Gasteiger partial charge in [-0.2, -0.15) is 5.10 Å². The lowest BCUT2D eigenvalue weighted by Crippen LogP contribution is -2.41. The van der Waals surface area contributed by atoms with Crippen LogP contribution in [0.25, 0.3) is 5.52 Å². The van der Waals surface area contributed by atoms with Gasteiger partial charge in [-0.1, -0.05) is 6.07 Å². The number of H-pyrrole nitrogens is 1. The van der Waals surface area contributed by atoms with Gasteiger partial charge in [-0.05, 0) is 31.5 Å². The van der Waals surface area contributed by atoms with Crippen molar-refractivity contribution < 1.29 is 23.1 Å². The van der Waals surface area contributed by atoms with Crippen LogP contribution in [0.15, 0.2) is 35.1 Å². The number of alkyl halides is 2. The van der Waals surface area contributed by atoms with Crippen LogP contribution >= 0.6 is 0 Å². The van der Waals surface area contributed by atoms with E-state index in [-0.39, 0.29) is 12.4 Å². The van der Waals surface area contributed by atoms with Crippen molar-refractivity contribution in [2.45, 2.75) is 38.8 Å². The number of oxazole rings is 1. The Bertz CT molecular complexity index is 1310. The second kappa shape index (κ2) is 7.52. The third-order valence-electron chi connectivity index (χ3n) is 5.63. The van der Waals surface area contributed by atoms with Gasteiger partial charge in [-0.15, -0.1) is 0 Å². The summed E-state index contributed by atoms with van der Waals surface area (Å²) in [5, 5.41) is 14.3. The van der Waals surface area contributed by atoms with Gasteiger partial charge in [0.25, 0.3) is 12.3 Å². The molecule has 1 unspecified atom stereocenters. The van der Waals surface area contributed by atoms with Gasteiger partial charge in [-0.3, -0.25) is 4.79 Å². The molecule has 0 bridgehead atoms. The predicted octanol–water partition coefficient (Wildman–Crippen LogP) is 3.13. The van der Waals surface area contributed by atoms with Crippen molar-refractivity contribution in [3.63, 3.8) is 0 Å². The molecule has 166 valence electrons. The largest absolute Gasteiger partial charge is 0.432 e. The molecule has 1 amide bonds. The molecule has 0 fully saturated rings. The number of halogens is 2. The summed E-state index contributed by atoms with van der Waals surface area (Å²) in [4.78, 5) is 26.0. The molecule has 0 aliphatic carbocycles.